The molecule has 2 N–H and O–H groups in total. The van der Waals surface area contributed by atoms with Gasteiger partial charge in [0.25, 0.3) is 0 Å². The number of ketones is 1. The number of carbonyl (C=O) groups excluding carboxylic acids is 1. The van der Waals surface area contributed by atoms with Gasteiger partial charge in [-0.05, 0) is 26.2 Å². The minimum atomic E-state index is -0.274. The van der Waals surface area contributed by atoms with Gasteiger partial charge in [0.2, 0.25) is 0 Å². The molecule has 1 atom stereocenters. The maximum atomic E-state index is 10.9. The van der Waals surface area contributed by atoms with Crippen LogP contribution < -0.4 is 5.73 Å². The highest BCUT2D eigenvalue weighted by atomic mass is 16.7. The van der Waals surface area contributed by atoms with E-state index in [4.69, 9.17) is 15.2 Å². The van der Waals surface area contributed by atoms with Gasteiger partial charge in [-0.15, -0.1) is 0 Å². The molecule has 1 aliphatic heterocycles. The summed E-state index contributed by atoms with van der Waals surface area (Å²) in [5.74, 6) is 0.0810. The van der Waals surface area contributed by atoms with Gasteiger partial charge in [0.05, 0.1) is 19.3 Å². The number of nitrogens with two attached hydrogens (primary N) is 1. The van der Waals surface area contributed by atoms with Crippen molar-refractivity contribution < 1.29 is 14.3 Å². The lowest BCUT2D eigenvalue weighted by Gasteiger charge is -2.09. The molecular weight excluding hydrogens is 194 g/mol. The van der Waals surface area contributed by atoms with Gasteiger partial charge in [-0.3, -0.25) is 4.79 Å². The fourth-order valence-corrected chi connectivity index (χ4v) is 1.63. The Balaban J connectivity index is 1.90. The number of carbonyl (C=O) groups is 1. The lowest BCUT2D eigenvalue weighted by Crippen LogP contribution is -2.27. The Hall–Kier alpha value is -0.450. The zero-order valence-corrected chi connectivity index (χ0v) is 9.41. The summed E-state index contributed by atoms with van der Waals surface area (Å²) in [6.07, 6.45) is 4.93. The van der Waals surface area contributed by atoms with Gasteiger partial charge < -0.3 is 15.2 Å². The van der Waals surface area contributed by atoms with Crippen LogP contribution in [0.2, 0.25) is 0 Å². The molecule has 0 bridgehead atoms. The SMILES string of the molecule is CC(=O)C(N)CCCCCC1OCCO1. The van der Waals surface area contributed by atoms with Gasteiger partial charge in [0, 0.05) is 0 Å². The second kappa shape index (κ2) is 6.93. The number of ether oxygens (including phenoxy) is 2. The van der Waals surface area contributed by atoms with E-state index in [1.54, 1.807) is 6.92 Å². The second-order valence-electron chi connectivity index (χ2n) is 4.03. The highest BCUT2D eigenvalue weighted by molar-refractivity contribution is 5.80. The molecule has 0 aromatic carbocycles. The first-order valence-corrected chi connectivity index (χ1v) is 5.69. The van der Waals surface area contributed by atoms with Crippen LogP contribution in [-0.2, 0) is 14.3 Å². The molecule has 4 heteroatoms. The quantitative estimate of drug-likeness (QED) is 0.649. The lowest BCUT2D eigenvalue weighted by atomic mass is 10.1. The van der Waals surface area contributed by atoms with Gasteiger partial charge in [0.1, 0.15) is 5.78 Å². The molecule has 88 valence electrons. The second-order valence-corrected chi connectivity index (χ2v) is 4.03. The van der Waals surface area contributed by atoms with Crippen molar-refractivity contribution in [2.75, 3.05) is 13.2 Å². The third-order valence-electron chi connectivity index (χ3n) is 2.67. The normalized spacial score (nSPS) is 19.3. The van der Waals surface area contributed by atoms with Crippen molar-refractivity contribution in [1.29, 1.82) is 0 Å². The van der Waals surface area contributed by atoms with Crippen LogP contribution in [0.25, 0.3) is 0 Å². The Bertz CT molecular complexity index is 190. The largest absolute Gasteiger partial charge is 0.350 e. The summed E-state index contributed by atoms with van der Waals surface area (Å²) in [5, 5.41) is 0. The van der Waals surface area contributed by atoms with Crippen LogP contribution in [0.3, 0.4) is 0 Å². The van der Waals surface area contributed by atoms with Crippen molar-refractivity contribution >= 4 is 5.78 Å². The smallest absolute Gasteiger partial charge is 0.157 e. The van der Waals surface area contributed by atoms with E-state index in [-0.39, 0.29) is 18.1 Å². The summed E-state index contributed by atoms with van der Waals surface area (Å²) in [5.41, 5.74) is 5.62. The van der Waals surface area contributed by atoms with E-state index in [2.05, 4.69) is 0 Å². The van der Waals surface area contributed by atoms with Gasteiger partial charge in [-0.25, -0.2) is 0 Å². The van der Waals surface area contributed by atoms with Crippen LogP contribution in [0.15, 0.2) is 0 Å². The summed E-state index contributed by atoms with van der Waals surface area (Å²) in [6, 6.07) is -0.274. The molecule has 4 nitrogen and oxygen atoms in total. The number of rotatable bonds is 7. The predicted molar refractivity (Wildman–Crippen MR) is 57.4 cm³/mol. The number of unbranched alkanes of at least 4 members (excludes halogenated alkanes) is 2. The Morgan fingerprint density at radius 2 is 2.00 bits per heavy atom. The molecule has 1 heterocycles. The first-order chi connectivity index (χ1) is 7.20. The van der Waals surface area contributed by atoms with Crippen LogP contribution >= 0.6 is 0 Å². The maximum Gasteiger partial charge on any atom is 0.157 e. The first-order valence-electron chi connectivity index (χ1n) is 5.69. The average Bonchev–Trinajstić information content (AvgIpc) is 2.69. The summed E-state index contributed by atoms with van der Waals surface area (Å²) < 4.78 is 10.6. The van der Waals surface area contributed by atoms with Gasteiger partial charge in [0.15, 0.2) is 6.29 Å². The fourth-order valence-electron chi connectivity index (χ4n) is 1.63. The first kappa shape index (κ1) is 12.6. The molecule has 1 unspecified atom stereocenters. The molecule has 0 aromatic heterocycles. The third-order valence-corrected chi connectivity index (χ3v) is 2.67. The molecule has 0 saturated carbocycles. The Morgan fingerprint density at radius 3 is 2.60 bits per heavy atom. The fraction of sp³-hybridized carbons (Fsp3) is 0.909. The molecule has 0 aliphatic carbocycles. The van der Waals surface area contributed by atoms with E-state index in [1.165, 1.54) is 0 Å². The summed E-state index contributed by atoms with van der Waals surface area (Å²) >= 11 is 0. The number of hydrogen-bond acceptors (Lipinski definition) is 4. The summed E-state index contributed by atoms with van der Waals surface area (Å²) in [4.78, 5) is 10.9. The van der Waals surface area contributed by atoms with E-state index in [1.807, 2.05) is 0 Å². The maximum absolute atomic E-state index is 10.9. The minimum Gasteiger partial charge on any atom is -0.350 e. The lowest BCUT2D eigenvalue weighted by molar-refractivity contribution is -0.118. The summed E-state index contributed by atoms with van der Waals surface area (Å²) in [6.45, 7) is 2.99. The number of Topliss-reactive ketones (excluding diaryl/α,β-unsaturated/α-hetero) is 1. The topological polar surface area (TPSA) is 61.6 Å². The van der Waals surface area contributed by atoms with Crippen LogP contribution in [0.4, 0.5) is 0 Å². The molecular formula is C11H21NO3. The van der Waals surface area contributed by atoms with E-state index >= 15 is 0 Å². The molecule has 0 spiro atoms. The third kappa shape index (κ3) is 5.25. The van der Waals surface area contributed by atoms with Crippen LogP contribution in [0.5, 0.6) is 0 Å². The standard InChI is InChI=1S/C11H21NO3/c1-9(13)10(12)5-3-2-4-6-11-14-7-8-15-11/h10-11H,2-8,12H2,1H3. The predicted octanol–water partition coefficient (Wildman–Crippen LogP) is 1.23. The monoisotopic (exact) mass is 215 g/mol. The van der Waals surface area contributed by atoms with Crippen molar-refractivity contribution in [2.45, 2.75) is 51.4 Å². The van der Waals surface area contributed by atoms with Crippen molar-refractivity contribution in [3.8, 4) is 0 Å². The van der Waals surface area contributed by atoms with E-state index < -0.39 is 0 Å². The highest BCUT2D eigenvalue weighted by Gasteiger charge is 2.14. The molecule has 15 heavy (non-hydrogen) atoms. The van der Waals surface area contributed by atoms with Crippen LogP contribution in [-0.4, -0.2) is 31.3 Å². The minimum absolute atomic E-state index is 0.00600. The molecule has 1 rings (SSSR count). The zero-order chi connectivity index (χ0) is 11.1. The zero-order valence-electron chi connectivity index (χ0n) is 9.41. The van der Waals surface area contributed by atoms with Crippen molar-refractivity contribution in [1.82, 2.24) is 0 Å². The highest BCUT2D eigenvalue weighted by Crippen LogP contribution is 2.13. The van der Waals surface area contributed by atoms with Gasteiger partial charge >= 0.3 is 0 Å². The van der Waals surface area contributed by atoms with Crippen LogP contribution in [0, 0.1) is 0 Å². The average molecular weight is 215 g/mol. The molecule has 1 aliphatic rings. The summed E-state index contributed by atoms with van der Waals surface area (Å²) in [7, 11) is 0. The van der Waals surface area contributed by atoms with E-state index in [9.17, 15) is 4.79 Å². The Labute approximate surface area is 91.1 Å². The van der Waals surface area contributed by atoms with Crippen molar-refractivity contribution in [3.05, 3.63) is 0 Å². The van der Waals surface area contributed by atoms with Gasteiger partial charge in [-0.1, -0.05) is 12.8 Å². The molecule has 1 fully saturated rings. The number of hydrogen-bond donors (Lipinski definition) is 1. The van der Waals surface area contributed by atoms with Gasteiger partial charge in [-0.2, -0.15) is 0 Å². The molecule has 0 aromatic rings. The van der Waals surface area contributed by atoms with E-state index in [0.29, 0.717) is 0 Å². The molecule has 0 amide bonds. The molecule has 1 saturated heterocycles. The molecule has 0 radical (unpaired) electrons. The van der Waals surface area contributed by atoms with Crippen molar-refractivity contribution in [2.24, 2.45) is 5.73 Å². The van der Waals surface area contributed by atoms with Crippen LogP contribution in [0.1, 0.15) is 39.0 Å². The Morgan fingerprint density at radius 1 is 1.33 bits per heavy atom. The Kier molecular flexibility index (Phi) is 5.83. The van der Waals surface area contributed by atoms with E-state index in [0.717, 1.165) is 45.3 Å². The van der Waals surface area contributed by atoms with Crippen molar-refractivity contribution in [3.63, 3.8) is 0 Å².